The highest BCUT2D eigenvalue weighted by Gasteiger charge is 2.33. The summed E-state index contributed by atoms with van der Waals surface area (Å²) in [6, 6.07) is 6.84. The van der Waals surface area contributed by atoms with Crippen LogP contribution in [0.5, 0.6) is 0 Å². The molecule has 1 aromatic carbocycles. The van der Waals surface area contributed by atoms with Gasteiger partial charge >= 0.3 is 5.69 Å². The number of H-pyrrole nitrogens is 1. The molecule has 11 nitrogen and oxygen atoms in total. The van der Waals surface area contributed by atoms with E-state index < -0.39 is 21.3 Å². The lowest BCUT2D eigenvalue weighted by molar-refractivity contribution is -0.133. The normalized spacial score (nSPS) is 15.0. The molecular weight excluding hydrogens is 492 g/mol. The van der Waals surface area contributed by atoms with Crippen molar-refractivity contribution in [1.82, 2.24) is 29.0 Å². The summed E-state index contributed by atoms with van der Waals surface area (Å²) in [7, 11) is -3.86. The number of nitrogens with zero attached hydrogens (tertiary/aromatic N) is 5. The molecule has 0 aliphatic carbocycles. The zero-order valence-electron chi connectivity index (χ0n) is 17.4. The Morgan fingerprint density at radius 1 is 1.12 bits per heavy atom. The molecule has 2 aromatic heterocycles. The lowest BCUT2D eigenvalue weighted by atomic mass is 10.2. The first-order chi connectivity index (χ1) is 15.6. The Kier molecular flexibility index (Phi) is 6.47. The molecule has 3 heterocycles. The van der Waals surface area contributed by atoms with E-state index >= 15 is 0 Å². The Balaban J connectivity index is 1.41. The number of amides is 1. The molecule has 0 atom stereocenters. The van der Waals surface area contributed by atoms with Crippen LogP contribution in [0.1, 0.15) is 5.56 Å². The summed E-state index contributed by atoms with van der Waals surface area (Å²) >= 11 is 6.85. The largest absolute Gasteiger partial charge is 0.338 e. The molecule has 1 amide bonds. The molecule has 1 aliphatic heterocycles. The number of aromatic amines is 1. The molecule has 3 aromatic rings. The van der Waals surface area contributed by atoms with Crippen LogP contribution in [0.15, 0.2) is 44.4 Å². The van der Waals surface area contributed by atoms with E-state index in [9.17, 15) is 22.8 Å². The zero-order valence-corrected chi connectivity index (χ0v) is 19.8. The van der Waals surface area contributed by atoms with Gasteiger partial charge in [-0.15, -0.1) is 10.2 Å². The summed E-state index contributed by atoms with van der Waals surface area (Å²) in [5.41, 5.74) is -0.152. The molecule has 0 saturated carbocycles. The van der Waals surface area contributed by atoms with Gasteiger partial charge in [0.2, 0.25) is 10.2 Å². The summed E-state index contributed by atoms with van der Waals surface area (Å²) in [5, 5.41) is 8.86. The van der Waals surface area contributed by atoms with Gasteiger partial charge in [-0.1, -0.05) is 35.1 Å². The van der Waals surface area contributed by atoms with Crippen LogP contribution < -0.4 is 11.2 Å². The fourth-order valence-corrected chi connectivity index (χ4v) is 5.98. The maximum atomic E-state index is 13.0. The van der Waals surface area contributed by atoms with Crippen molar-refractivity contribution in [2.45, 2.75) is 17.8 Å². The maximum absolute atomic E-state index is 13.0. The highest BCUT2D eigenvalue weighted by molar-refractivity contribution is 7.91. The van der Waals surface area contributed by atoms with Crippen molar-refractivity contribution in [3.8, 4) is 10.6 Å². The standard InChI is InChI=1S/C19H19ClN6O5S2/c1-12-10-25(18(29)21-16(12)28)11-15(27)24-6-8-26(9-7-24)33(30,31)19-23-22-17(32-19)13-2-4-14(20)5-3-13/h2-5,10H,6-9,11H2,1H3,(H,21,28,29). The van der Waals surface area contributed by atoms with E-state index in [0.717, 1.165) is 15.9 Å². The summed E-state index contributed by atoms with van der Waals surface area (Å²) in [5.74, 6) is -0.346. The van der Waals surface area contributed by atoms with Gasteiger partial charge in [0.05, 0.1) is 0 Å². The second-order valence-corrected chi connectivity index (χ2v) is 10.9. The smallest absolute Gasteiger partial charge is 0.328 e. The molecule has 1 aliphatic rings. The number of aromatic nitrogens is 4. The van der Waals surface area contributed by atoms with Gasteiger partial charge in [0.25, 0.3) is 15.6 Å². The van der Waals surface area contributed by atoms with E-state index in [0.29, 0.717) is 21.2 Å². The maximum Gasteiger partial charge on any atom is 0.328 e. The van der Waals surface area contributed by atoms with Gasteiger partial charge in [-0.25, -0.2) is 13.2 Å². The Morgan fingerprint density at radius 3 is 2.45 bits per heavy atom. The topological polar surface area (TPSA) is 138 Å². The quantitative estimate of drug-likeness (QED) is 0.528. The first kappa shape index (κ1) is 23.3. The predicted molar refractivity (Wildman–Crippen MR) is 122 cm³/mol. The molecule has 1 saturated heterocycles. The molecule has 174 valence electrons. The summed E-state index contributed by atoms with van der Waals surface area (Å²) in [6.45, 7) is 1.79. The molecule has 33 heavy (non-hydrogen) atoms. The minimum absolute atomic E-state index is 0.0868. The van der Waals surface area contributed by atoms with Crippen molar-refractivity contribution in [2.75, 3.05) is 26.2 Å². The molecule has 1 N–H and O–H groups in total. The van der Waals surface area contributed by atoms with E-state index in [-0.39, 0.29) is 43.0 Å². The molecule has 0 unspecified atom stereocenters. The van der Waals surface area contributed by atoms with Crippen molar-refractivity contribution in [3.05, 3.63) is 61.9 Å². The number of carbonyl (C=O) groups excluding carboxylic acids is 1. The van der Waals surface area contributed by atoms with Gasteiger partial charge in [0, 0.05) is 48.5 Å². The van der Waals surface area contributed by atoms with Crippen LogP contribution in [0.25, 0.3) is 10.6 Å². The Labute approximate surface area is 197 Å². The van der Waals surface area contributed by atoms with Crippen LogP contribution in [0.3, 0.4) is 0 Å². The van der Waals surface area contributed by atoms with Crippen molar-refractivity contribution < 1.29 is 13.2 Å². The molecule has 4 rings (SSSR count). The van der Waals surface area contributed by atoms with Crippen molar-refractivity contribution in [3.63, 3.8) is 0 Å². The monoisotopic (exact) mass is 510 g/mol. The van der Waals surface area contributed by atoms with E-state index in [1.807, 2.05) is 0 Å². The third-order valence-electron chi connectivity index (χ3n) is 5.14. The fraction of sp³-hybridized carbons (Fsp3) is 0.316. The molecule has 14 heteroatoms. The summed E-state index contributed by atoms with van der Waals surface area (Å²) in [4.78, 5) is 39.6. The number of hydrogen-bond donors (Lipinski definition) is 1. The number of piperazine rings is 1. The lowest BCUT2D eigenvalue weighted by Crippen LogP contribution is -2.51. The van der Waals surface area contributed by atoms with Crippen LogP contribution in [0, 0.1) is 6.92 Å². The first-order valence-electron chi connectivity index (χ1n) is 9.83. The highest BCUT2D eigenvalue weighted by Crippen LogP contribution is 2.29. The van der Waals surface area contributed by atoms with Crippen LogP contribution in [0.2, 0.25) is 5.02 Å². The van der Waals surface area contributed by atoms with Gasteiger partial charge < -0.3 is 4.90 Å². The number of benzene rings is 1. The average molecular weight is 511 g/mol. The van der Waals surface area contributed by atoms with E-state index in [2.05, 4.69) is 15.2 Å². The predicted octanol–water partition coefficient (Wildman–Crippen LogP) is 0.550. The van der Waals surface area contributed by atoms with Crippen molar-refractivity contribution in [2.24, 2.45) is 0 Å². The molecule has 0 spiro atoms. The number of hydrogen-bond acceptors (Lipinski definition) is 8. The second-order valence-electron chi connectivity index (χ2n) is 7.36. The van der Waals surface area contributed by atoms with Gasteiger partial charge in [-0.2, -0.15) is 4.31 Å². The van der Waals surface area contributed by atoms with Crippen LogP contribution in [-0.2, 0) is 21.4 Å². The van der Waals surface area contributed by atoms with Gasteiger partial charge in [-0.05, 0) is 19.1 Å². The Hall–Kier alpha value is -2.87. The SMILES string of the molecule is Cc1cn(CC(=O)N2CCN(S(=O)(=O)c3nnc(-c4ccc(Cl)cc4)s3)CC2)c(=O)[nH]c1=O. The van der Waals surface area contributed by atoms with Gasteiger partial charge in [-0.3, -0.25) is 19.1 Å². The van der Waals surface area contributed by atoms with E-state index in [1.54, 1.807) is 24.3 Å². The molecule has 0 radical (unpaired) electrons. The Bertz CT molecular complexity index is 1410. The average Bonchev–Trinajstić information content (AvgIpc) is 3.29. The van der Waals surface area contributed by atoms with E-state index in [4.69, 9.17) is 11.6 Å². The minimum atomic E-state index is -3.86. The van der Waals surface area contributed by atoms with Crippen LogP contribution >= 0.6 is 22.9 Å². The third kappa shape index (κ3) is 4.90. The van der Waals surface area contributed by atoms with Crippen molar-refractivity contribution >= 4 is 38.9 Å². The number of sulfonamides is 1. The molecular formula is C19H19ClN6O5S2. The number of carbonyl (C=O) groups is 1. The molecule has 1 fully saturated rings. The second kappa shape index (κ2) is 9.17. The zero-order chi connectivity index (χ0) is 23.8. The first-order valence-corrected chi connectivity index (χ1v) is 12.5. The number of aryl methyl sites for hydroxylation is 1. The third-order valence-corrected chi connectivity index (χ3v) is 8.61. The molecule has 0 bridgehead atoms. The number of nitrogens with one attached hydrogen (secondary N) is 1. The number of halogens is 1. The van der Waals surface area contributed by atoms with Gasteiger partial charge in [0.15, 0.2) is 0 Å². The summed E-state index contributed by atoms with van der Waals surface area (Å²) in [6.07, 6.45) is 1.33. The minimum Gasteiger partial charge on any atom is -0.338 e. The lowest BCUT2D eigenvalue weighted by Gasteiger charge is -2.33. The van der Waals surface area contributed by atoms with E-state index in [1.165, 1.54) is 22.3 Å². The Morgan fingerprint density at radius 2 is 1.79 bits per heavy atom. The highest BCUT2D eigenvalue weighted by atomic mass is 35.5. The summed E-state index contributed by atoms with van der Waals surface area (Å²) < 4.78 is 28.3. The van der Waals surface area contributed by atoms with Gasteiger partial charge in [0.1, 0.15) is 11.6 Å². The van der Waals surface area contributed by atoms with Crippen molar-refractivity contribution in [1.29, 1.82) is 0 Å². The fourth-order valence-electron chi connectivity index (χ4n) is 3.29. The van der Waals surface area contributed by atoms with Crippen LogP contribution in [0.4, 0.5) is 0 Å². The number of rotatable bonds is 5. The van der Waals surface area contributed by atoms with Crippen LogP contribution in [-0.4, -0.2) is 69.5 Å².